The van der Waals surface area contributed by atoms with Gasteiger partial charge in [-0.15, -0.1) is 0 Å². The molecule has 1 aromatic carbocycles. The largest absolute Gasteiger partial charge is 0.489 e. The van der Waals surface area contributed by atoms with Crippen molar-refractivity contribution in [2.45, 2.75) is 13.3 Å². The van der Waals surface area contributed by atoms with Crippen LogP contribution in [0, 0.1) is 0 Å². The van der Waals surface area contributed by atoms with Crippen molar-refractivity contribution in [3.05, 3.63) is 23.8 Å². The van der Waals surface area contributed by atoms with Gasteiger partial charge in [0.15, 0.2) is 5.75 Å². The lowest BCUT2D eigenvalue weighted by atomic mass is 10.1. The Kier molecular flexibility index (Phi) is 4.81. The maximum Gasteiger partial charge on any atom is 0.307 e. The fourth-order valence-electron chi connectivity index (χ4n) is 1.96. The van der Waals surface area contributed by atoms with Gasteiger partial charge in [-0.2, -0.15) is 0 Å². The number of fused-ring (bicyclic) bond motifs is 1. The van der Waals surface area contributed by atoms with Gasteiger partial charge in [-0.3, -0.25) is 9.59 Å². The van der Waals surface area contributed by atoms with Crippen LogP contribution >= 0.6 is 0 Å². The first-order valence-corrected chi connectivity index (χ1v) is 6.66. The van der Waals surface area contributed by atoms with Gasteiger partial charge in [0, 0.05) is 13.1 Å². The summed E-state index contributed by atoms with van der Waals surface area (Å²) in [7, 11) is 0. The molecule has 2 rings (SSSR count). The van der Waals surface area contributed by atoms with Crippen molar-refractivity contribution in [1.82, 2.24) is 5.32 Å². The predicted octanol–water partition coefficient (Wildman–Crippen LogP) is 1.17. The second-order valence-electron chi connectivity index (χ2n) is 4.27. The van der Waals surface area contributed by atoms with Gasteiger partial charge in [-0.1, -0.05) is 6.07 Å². The summed E-state index contributed by atoms with van der Waals surface area (Å²) < 4.78 is 10.3. The summed E-state index contributed by atoms with van der Waals surface area (Å²) in [6, 6.07) is 5.36. The standard InChI is InChI=1S/C14H18N2O4/c1-2-19-12(17)6-7-16-14(18)10-4-3-5-11-13(10)20-9-8-15-11/h3-5,15H,2,6-9H2,1H3,(H,16,18). The molecular weight excluding hydrogens is 260 g/mol. The van der Waals surface area contributed by atoms with Crippen molar-refractivity contribution in [1.29, 1.82) is 0 Å². The summed E-state index contributed by atoms with van der Waals surface area (Å²) in [6.07, 6.45) is 0.160. The SMILES string of the molecule is CCOC(=O)CCNC(=O)c1cccc2c1OCCN2. The number of ether oxygens (including phenoxy) is 2. The quantitative estimate of drug-likeness (QED) is 0.791. The number of hydrogen-bond donors (Lipinski definition) is 2. The summed E-state index contributed by atoms with van der Waals surface area (Å²) >= 11 is 0. The lowest BCUT2D eigenvalue weighted by Gasteiger charge is -2.21. The van der Waals surface area contributed by atoms with Crippen molar-refractivity contribution in [3.63, 3.8) is 0 Å². The van der Waals surface area contributed by atoms with Crippen molar-refractivity contribution in [3.8, 4) is 5.75 Å². The van der Waals surface area contributed by atoms with E-state index in [4.69, 9.17) is 9.47 Å². The number of amides is 1. The van der Waals surface area contributed by atoms with Crippen LogP contribution in [0.1, 0.15) is 23.7 Å². The molecule has 0 radical (unpaired) electrons. The molecule has 0 saturated carbocycles. The zero-order valence-electron chi connectivity index (χ0n) is 11.4. The topological polar surface area (TPSA) is 76.7 Å². The Bertz CT molecular complexity index is 502. The normalized spacial score (nSPS) is 12.7. The zero-order chi connectivity index (χ0) is 14.4. The molecule has 0 aromatic heterocycles. The van der Waals surface area contributed by atoms with Crippen LogP contribution in [0.4, 0.5) is 5.69 Å². The molecule has 0 fully saturated rings. The lowest BCUT2D eigenvalue weighted by Crippen LogP contribution is -2.28. The molecule has 108 valence electrons. The van der Waals surface area contributed by atoms with Crippen molar-refractivity contribution in [2.75, 3.05) is 31.6 Å². The molecule has 1 aromatic rings. The van der Waals surface area contributed by atoms with Gasteiger partial charge >= 0.3 is 5.97 Å². The van der Waals surface area contributed by atoms with Crippen LogP contribution in [-0.4, -0.2) is 38.2 Å². The maximum atomic E-state index is 12.1. The molecule has 0 unspecified atom stereocenters. The Labute approximate surface area is 117 Å². The van der Waals surface area contributed by atoms with E-state index in [2.05, 4.69) is 10.6 Å². The second kappa shape index (κ2) is 6.79. The summed E-state index contributed by atoms with van der Waals surface area (Å²) in [5.41, 5.74) is 1.29. The van der Waals surface area contributed by atoms with Crippen LogP contribution in [0.15, 0.2) is 18.2 Å². The molecule has 2 N–H and O–H groups in total. The highest BCUT2D eigenvalue weighted by Gasteiger charge is 2.18. The first-order chi connectivity index (χ1) is 9.72. The van der Waals surface area contributed by atoms with E-state index in [0.29, 0.717) is 24.5 Å². The van der Waals surface area contributed by atoms with Crippen LogP contribution < -0.4 is 15.4 Å². The number of para-hydroxylation sites is 1. The van der Waals surface area contributed by atoms with Gasteiger partial charge in [0.05, 0.1) is 24.3 Å². The molecule has 20 heavy (non-hydrogen) atoms. The minimum absolute atomic E-state index is 0.160. The highest BCUT2D eigenvalue weighted by Crippen LogP contribution is 2.30. The third-order valence-corrected chi connectivity index (χ3v) is 2.84. The molecule has 6 heteroatoms. The van der Waals surface area contributed by atoms with Crippen LogP contribution in [0.3, 0.4) is 0 Å². The Hall–Kier alpha value is -2.24. The minimum atomic E-state index is -0.319. The summed E-state index contributed by atoms with van der Waals surface area (Å²) in [5.74, 6) is -0.0111. The molecular formula is C14H18N2O4. The van der Waals surface area contributed by atoms with E-state index in [9.17, 15) is 9.59 Å². The van der Waals surface area contributed by atoms with E-state index in [1.807, 2.05) is 6.07 Å². The number of esters is 1. The number of carbonyl (C=O) groups excluding carboxylic acids is 2. The molecule has 6 nitrogen and oxygen atoms in total. The van der Waals surface area contributed by atoms with Gasteiger partial charge in [0.25, 0.3) is 5.91 Å². The van der Waals surface area contributed by atoms with E-state index in [0.717, 1.165) is 12.2 Å². The predicted molar refractivity (Wildman–Crippen MR) is 74.0 cm³/mol. The van der Waals surface area contributed by atoms with Gasteiger partial charge in [-0.25, -0.2) is 0 Å². The molecule has 1 aliphatic rings. The molecule has 0 bridgehead atoms. The average molecular weight is 278 g/mol. The first-order valence-electron chi connectivity index (χ1n) is 6.66. The molecule has 1 amide bonds. The molecule has 0 spiro atoms. The Morgan fingerprint density at radius 1 is 1.45 bits per heavy atom. The Balaban J connectivity index is 1.94. The van der Waals surface area contributed by atoms with Crippen LogP contribution in [0.2, 0.25) is 0 Å². The van der Waals surface area contributed by atoms with Gasteiger partial charge < -0.3 is 20.1 Å². The van der Waals surface area contributed by atoms with Crippen LogP contribution in [-0.2, 0) is 9.53 Å². The third-order valence-electron chi connectivity index (χ3n) is 2.84. The van der Waals surface area contributed by atoms with Gasteiger partial charge in [0.2, 0.25) is 0 Å². The number of nitrogens with one attached hydrogen (secondary N) is 2. The number of hydrogen-bond acceptors (Lipinski definition) is 5. The van der Waals surface area contributed by atoms with Crippen molar-refractivity contribution in [2.24, 2.45) is 0 Å². The van der Waals surface area contributed by atoms with Crippen LogP contribution in [0.25, 0.3) is 0 Å². The minimum Gasteiger partial charge on any atom is -0.489 e. The second-order valence-corrected chi connectivity index (χ2v) is 4.27. The summed E-state index contributed by atoms with van der Waals surface area (Å²) in [6.45, 7) is 3.59. The molecule has 0 atom stereocenters. The Morgan fingerprint density at radius 3 is 3.10 bits per heavy atom. The summed E-state index contributed by atoms with van der Waals surface area (Å²) in [4.78, 5) is 23.3. The average Bonchev–Trinajstić information content (AvgIpc) is 2.47. The number of carbonyl (C=O) groups is 2. The fourth-order valence-corrected chi connectivity index (χ4v) is 1.96. The highest BCUT2D eigenvalue weighted by molar-refractivity contribution is 5.99. The number of benzene rings is 1. The maximum absolute atomic E-state index is 12.1. The molecule has 1 aliphatic heterocycles. The lowest BCUT2D eigenvalue weighted by molar-refractivity contribution is -0.142. The fraction of sp³-hybridized carbons (Fsp3) is 0.429. The first kappa shape index (κ1) is 14.2. The third kappa shape index (κ3) is 3.40. The van der Waals surface area contributed by atoms with Crippen molar-refractivity contribution >= 4 is 17.6 Å². The van der Waals surface area contributed by atoms with Gasteiger partial charge in [0.1, 0.15) is 6.61 Å². The number of anilines is 1. The number of rotatable bonds is 5. The van der Waals surface area contributed by atoms with E-state index in [1.165, 1.54) is 0 Å². The van der Waals surface area contributed by atoms with E-state index < -0.39 is 0 Å². The Morgan fingerprint density at radius 2 is 2.30 bits per heavy atom. The van der Waals surface area contributed by atoms with E-state index >= 15 is 0 Å². The van der Waals surface area contributed by atoms with E-state index in [-0.39, 0.29) is 24.8 Å². The van der Waals surface area contributed by atoms with E-state index in [1.54, 1.807) is 19.1 Å². The monoisotopic (exact) mass is 278 g/mol. The highest BCUT2D eigenvalue weighted by atomic mass is 16.5. The molecule has 1 heterocycles. The smallest absolute Gasteiger partial charge is 0.307 e. The molecule has 0 saturated heterocycles. The van der Waals surface area contributed by atoms with Crippen LogP contribution in [0.5, 0.6) is 5.75 Å². The zero-order valence-corrected chi connectivity index (χ0v) is 11.4. The van der Waals surface area contributed by atoms with Crippen molar-refractivity contribution < 1.29 is 19.1 Å². The van der Waals surface area contributed by atoms with Gasteiger partial charge in [-0.05, 0) is 19.1 Å². The summed E-state index contributed by atoms with van der Waals surface area (Å²) in [5, 5.41) is 5.86. The molecule has 0 aliphatic carbocycles.